The van der Waals surface area contributed by atoms with Gasteiger partial charge in [0.1, 0.15) is 76.8 Å². The van der Waals surface area contributed by atoms with Crippen LogP contribution in [0.3, 0.4) is 0 Å². The first-order valence-corrected chi connectivity index (χ1v) is 21.7. The van der Waals surface area contributed by atoms with E-state index in [0.717, 1.165) is 21.3 Å². The molecule has 74 heavy (non-hydrogen) atoms. The first-order valence-electron chi connectivity index (χ1n) is 20.5. The summed E-state index contributed by atoms with van der Waals surface area (Å²) < 4.78 is 316. The van der Waals surface area contributed by atoms with Crippen molar-refractivity contribution in [2.24, 2.45) is 0 Å². The van der Waals surface area contributed by atoms with E-state index in [4.69, 9.17) is 18.9 Å². The van der Waals surface area contributed by atoms with Crippen molar-refractivity contribution in [2.45, 2.75) is 14.7 Å². The van der Waals surface area contributed by atoms with Crippen LogP contribution in [0, 0.1) is 116 Å². The lowest BCUT2D eigenvalue weighted by atomic mass is 9.12. The lowest BCUT2D eigenvalue weighted by Crippen LogP contribution is -2.81. The second-order valence-electron chi connectivity index (χ2n) is 15.0. The second-order valence-corrected chi connectivity index (χ2v) is 17.0. The van der Waals surface area contributed by atoms with Crippen LogP contribution >= 0.6 is 0 Å². The number of hydrogen-bond acceptors (Lipinski definition) is 4. The minimum absolute atomic E-state index is 0.380. The third-order valence-electron chi connectivity index (χ3n) is 10.9. The SMILES string of the molecule is COCCOc1ccccc1[S+](c1ccccc1)c1ccccc1OCCOC.Fc1c(F)c(F)c([B-](c2c(F)c(F)c(F)c(F)c2F)(c2c(F)c(F)c(F)c(F)c2F)c2c(F)c(F)c(F)c(F)c2F)c(F)c1F. The van der Waals surface area contributed by atoms with Crippen LogP contribution in [-0.2, 0) is 20.4 Å². The highest BCUT2D eigenvalue weighted by Gasteiger charge is 2.52. The van der Waals surface area contributed by atoms with Crippen molar-refractivity contribution in [2.75, 3.05) is 40.6 Å². The highest BCUT2D eigenvalue weighted by Crippen LogP contribution is 2.41. The predicted octanol–water partition coefficient (Wildman–Crippen LogP) is 10.7. The third-order valence-corrected chi connectivity index (χ3v) is 13.2. The standard InChI is InChI=1S/C24BF20.C24H27O4S/c26-5-1(6(27)14(35)21(42)13(5)34)25(2-7(28)15(36)22(43)16(37)8(2)29,3-9(30)17(38)23(44)18(39)10(3)31)4-11(32)19(40)24(45)20(41)12(4)33;1-25-16-18-27-21-12-6-8-14-23(21)29(20-10-4-3-5-11-20)24-15-9-7-13-22(24)28-19-17-26-2/h;3-15H,16-19H2,1-2H3/q-1;+1. The fourth-order valence-corrected chi connectivity index (χ4v) is 10.0. The summed E-state index contributed by atoms with van der Waals surface area (Å²) in [5.41, 5.74) is -14.3. The quantitative estimate of drug-likeness (QED) is 0.0256. The maximum atomic E-state index is 15.4. The molecule has 0 saturated carbocycles. The molecule has 0 aromatic heterocycles. The van der Waals surface area contributed by atoms with Crippen LogP contribution in [0.25, 0.3) is 0 Å². The van der Waals surface area contributed by atoms with Crippen molar-refractivity contribution in [3.05, 3.63) is 195 Å². The summed E-state index contributed by atoms with van der Waals surface area (Å²) in [7, 11) is 2.98. The average Bonchev–Trinajstić information content (AvgIpc) is 3.40. The van der Waals surface area contributed by atoms with Gasteiger partial charge in [0, 0.05) is 14.2 Å². The summed E-state index contributed by atoms with van der Waals surface area (Å²) in [6, 6.07) is 26.9. The largest absolute Gasteiger partial charge is 0.486 e. The van der Waals surface area contributed by atoms with Crippen LogP contribution in [0.5, 0.6) is 11.5 Å². The van der Waals surface area contributed by atoms with E-state index in [1.54, 1.807) is 14.2 Å². The Labute approximate surface area is 406 Å². The molecular weight excluding hydrogens is 1060 g/mol. The van der Waals surface area contributed by atoms with E-state index in [0.29, 0.717) is 26.4 Å². The van der Waals surface area contributed by atoms with Gasteiger partial charge in [0.05, 0.1) is 13.2 Å². The van der Waals surface area contributed by atoms with Gasteiger partial charge in [-0.1, -0.05) is 42.5 Å². The van der Waals surface area contributed by atoms with Gasteiger partial charge in [-0.05, 0) is 36.4 Å². The molecule has 392 valence electrons. The lowest BCUT2D eigenvalue weighted by Gasteiger charge is -2.44. The smallest absolute Gasteiger partial charge is 0.208 e. The van der Waals surface area contributed by atoms with Gasteiger partial charge in [-0.25, -0.2) is 87.8 Å². The second kappa shape index (κ2) is 23.1. The fourth-order valence-electron chi connectivity index (χ4n) is 7.75. The Hall–Kier alpha value is -6.93. The maximum Gasteiger partial charge on any atom is 0.208 e. The van der Waals surface area contributed by atoms with Crippen LogP contribution in [0.2, 0.25) is 0 Å². The fraction of sp³-hybridized carbons (Fsp3) is 0.125. The zero-order valence-electron chi connectivity index (χ0n) is 37.0. The molecule has 0 aliphatic carbocycles. The van der Waals surface area contributed by atoms with Gasteiger partial charge in [0.15, 0.2) is 86.2 Å². The van der Waals surface area contributed by atoms with Gasteiger partial charge in [0.2, 0.25) is 9.79 Å². The molecule has 7 aromatic carbocycles. The van der Waals surface area contributed by atoms with Crippen molar-refractivity contribution < 1.29 is 107 Å². The van der Waals surface area contributed by atoms with Gasteiger partial charge in [-0.2, -0.15) is 0 Å². The molecule has 0 bridgehead atoms. The summed E-state index contributed by atoms with van der Waals surface area (Å²) in [5, 5.41) is 0. The number of para-hydroxylation sites is 2. The van der Waals surface area contributed by atoms with Crippen LogP contribution < -0.4 is 31.3 Å². The third kappa shape index (κ3) is 9.80. The molecule has 0 N–H and O–H groups in total. The van der Waals surface area contributed by atoms with Crippen molar-refractivity contribution >= 4 is 38.9 Å². The lowest BCUT2D eigenvalue weighted by molar-refractivity contribution is 0.144. The molecule has 0 aliphatic heterocycles. The molecule has 0 radical (unpaired) electrons. The Morgan fingerprint density at radius 2 is 0.527 bits per heavy atom. The molecule has 0 atom stereocenters. The van der Waals surface area contributed by atoms with E-state index in [1.165, 1.54) is 4.90 Å². The zero-order chi connectivity index (χ0) is 54.7. The van der Waals surface area contributed by atoms with Gasteiger partial charge < -0.3 is 18.9 Å². The van der Waals surface area contributed by atoms with Crippen molar-refractivity contribution in [1.29, 1.82) is 0 Å². The highest BCUT2D eigenvalue weighted by molar-refractivity contribution is 7.97. The molecule has 0 fully saturated rings. The number of methoxy groups -OCH3 is 2. The number of halogens is 20. The van der Waals surface area contributed by atoms with Crippen LogP contribution in [0.4, 0.5) is 87.8 Å². The first kappa shape index (κ1) is 56.4. The average molecular weight is 1090 g/mol. The van der Waals surface area contributed by atoms with Crippen LogP contribution in [0.15, 0.2) is 93.5 Å². The number of benzene rings is 7. The Morgan fingerprint density at radius 1 is 0.297 bits per heavy atom. The van der Waals surface area contributed by atoms with E-state index in [9.17, 15) is 52.7 Å². The topological polar surface area (TPSA) is 36.9 Å². The van der Waals surface area contributed by atoms with E-state index in [2.05, 4.69) is 48.5 Å². The van der Waals surface area contributed by atoms with Crippen molar-refractivity contribution in [3.8, 4) is 11.5 Å². The predicted molar refractivity (Wildman–Crippen MR) is 225 cm³/mol. The van der Waals surface area contributed by atoms with E-state index in [-0.39, 0.29) is 10.9 Å². The molecule has 7 aromatic rings. The Morgan fingerprint density at radius 3 is 0.784 bits per heavy atom. The van der Waals surface area contributed by atoms with Gasteiger partial charge in [-0.15, -0.1) is 21.9 Å². The first-order chi connectivity index (χ1) is 35.0. The van der Waals surface area contributed by atoms with Gasteiger partial charge in [-0.3, -0.25) is 0 Å². The van der Waals surface area contributed by atoms with Crippen LogP contribution in [-0.4, -0.2) is 46.8 Å². The summed E-state index contributed by atoms with van der Waals surface area (Å²) in [6.07, 6.45) is -7.22. The minimum Gasteiger partial charge on any atom is -0.486 e. The van der Waals surface area contributed by atoms with E-state index in [1.807, 2.05) is 30.3 Å². The normalized spacial score (nSPS) is 11.6. The molecule has 26 heteroatoms. The molecule has 7 rings (SSSR count). The molecule has 0 saturated heterocycles. The molecular formula is C48H27BF20O4S. The molecule has 0 heterocycles. The Bertz CT molecular complexity index is 2810. The number of hydrogen-bond donors (Lipinski definition) is 0. The van der Waals surface area contributed by atoms with Gasteiger partial charge >= 0.3 is 0 Å². The summed E-state index contributed by atoms with van der Waals surface area (Å²) in [4.78, 5) is 3.45. The molecule has 0 aliphatic rings. The van der Waals surface area contributed by atoms with E-state index >= 15 is 35.1 Å². The minimum atomic E-state index is -7.22. The molecule has 4 nitrogen and oxygen atoms in total. The monoisotopic (exact) mass is 1090 g/mol. The number of rotatable bonds is 15. The van der Waals surface area contributed by atoms with Crippen molar-refractivity contribution in [1.82, 2.24) is 0 Å². The van der Waals surface area contributed by atoms with E-state index < -0.39 is 144 Å². The molecule has 0 spiro atoms. The zero-order valence-corrected chi connectivity index (χ0v) is 37.8. The van der Waals surface area contributed by atoms with Gasteiger partial charge in [0.25, 0.3) is 0 Å². The van der Waals surface area contributed by atoms with Crippen molar-refractivity contribution in [3.63, 3.8) is 0 Å². The molecule has 0 unspecified atom stereocenters. The highest BCUT2D eigenvalue weighted by atomic mass is 32.2. The van der Waals surface area contributed by atoms with Crippen LogP contribution in [0.1, 0.15) is 0 Å². The maximum absolute atomic E-state index is 15.4. The molecule has 0 amide bonds. The Balaban J connectivity index is 0.000000265. The summed E-state index contributed by atoms with van der Waals surface area (Å²) >= 11 is 0. The number of ether oxygens (including phenoxy) is 4. The summed E-state index contributed by atoms with van der Waals surface area (Å²) in [5.74, 6) is -69.7. The summed E-state index contributed by atoms with van der Waals surface area (Å²) in [6.45, 7) is 2.10. The Kier molecular flexibility index (Phi) is 17.6.